The van der Waals surface area contributed by atoms with Gasteiger partial charge in [-0.1, -0.05) is 12.1 Å². The Morgan fingerprint density at radius 1 is 0.492 bits per heavy atom. The lowest BCUT2D eigenvalue weighted by Crippen LogP contribution is -2.26. The topological polar surface area (TPSA) is 215 Å². The molecule has 0 radical (unpaired) electrons. The van der Waals surface area contributed by atoms with Gasteiger partial charge in [0.05, 0.1) is 5.56 Å². The Kier molecular flexibility index (Phi) is 14.2. The molecule has 0 bridgehead atoms. The van der Waals surface area contributed by atoms with E-state index in [-0.39, 0.29) is 69.1 Å². The van der Waals surface area contributed by atoms with Crippen LogP contribution in [-0.4, -0.2) is 74.5 Å². The molecule has 0 amide bonds. The summed E-state index contributed by atoms with van der Waals surface area (Å²) in [6.07, 6.45) is -3.24. The fourth-order valence-electron chi connectivity index (χ4n) is 4.99. The van der Waals surface area contributed by atoms with Crippen LogP contribution in [0.1, 0.15) is 115 Å². The third-order valence-electron chi connectivity index (χ3n) is 7.19. The summed E-state index contributed by atoms with van der Waals surface area (Å²) < 4.78 is 43.1. The van der Waals surface area contributed by atoms with E-state index in [1.54, 1.807) is 83.1 Å². The minimum atomic E-state index is -1.11. The molecule has 0 aliphatic rings. The molecule has 3 aromatic carbocycles. The van der Waals surface area contributed by atoms with Crippen LogP contribution in [0.4, 0.5) is 19.2 Å². The van der Waals surface area contributed by atoms with Crippen molar-refractivity contribution in [1.82, 2.24) is 15.0 Å². The van der Waals surface area contributed by atoms with E-state index in [1.165, 1.54) is 54.6 Å². The van der Waals surface area contributed by atoms with Crippen molar-refractivity contribution < 1.29 is 66.7 Å². The first kappa shape index (κ1) is 46.8. The van der Waals surface area contributed by atoms with Gasteiger partial charge in [0, 0.05) is 34.7 Å². The summed E-state index contributed by atoms with van der Waals surface area (Å²) in [5, 5.41) is 0. The second kappa shape index (κ2) is 18.6. The Morgan fingerprint density at radius 3 is 1.41 bits per heavy atom. The van der Waals surface area contributed by atoms with E-state index in [9.17, 15) is 28.8 Å². The van der Waals surface area contributed by atoms with Crippen LogP contribution in [0.5, 0.6) is 23.0 Å². The van der Waals surface area contributed by atoms with E-state index in [0.29, 0.717) is 18.1 Å². The summed E-state index contributed by atoms with van der Waals surface area (Å²) in [5.41, 5.74) is -2.81. The molecule has 0 spiro atoms. The maximum atomic E-state index is 13.1. The van der Waals surface area contributed by atoms with Crippen LogP contribution in [-0.2, 0) is 25.4 Å². The third kappa shape index (κ3) is 15.0. The van der Waals surface area contributed by atoms with Gasteiger partial charge in [0.25, 0.3) is 0 Å². The first-order valence-electron chi connectivity index (χ1n) is 18.9. The average molecular weight is 844 g/mol. The Morgan fingerprint density at radius 2 is 0.934 bits per heavy atom. The van der Waals surface area contributed by atoms with E-state index < -0.39 is 47.0 Å². The van der Waals surface area contributed by atoms with Gasteiger partial charge in [-0.05, 0) is 119 Å². The number of aldehydes is 2. The molecule has 1 heterocycles. The van der Waals surface area contributed by atoms with E-state index >= 15 is 0 Å². The normalized spacial score (nSPS) is 11.7. The van der Waals surface area contributed by atoms with Crippen LogP contribution in [0.15, 0.2) is 54.6 Å². The highest BCUT2D eigenvalue weighted by Crippen LogP contribution is 2.35. The van der Waals surface area contributed by atoms with Gasteiger partial charge in [0.2, 0.25) is 0 Å². The SMILES string of the molecule is CC(C)(C)OC(=O)Oc1ccc(-c2nc(Cc3ccc(C=O)cc3OC(=O)OC(C)(C)C)nc(-c3ccc(OC(=O)OC(C)(C)C)cc3OC(=O)OC(C)(C)C)n2)c(C=O)c1. The number of ether oxygens (including phenoxy) is 8. The fraction of sp³-hybridized carbons (Fsp3) is 0.386. The number of benzene rings is 3. The van der Waals surface area contributed by atoms with Crippen molar-refractivity contribution in [1.29, 1.82) is 0 Å². The number of hydrogen-bond donors (Lipinski definition) is 0. The Hall–Kier alpha value is -6.91. The van der Waals surface area contributed by atoms with Gasteiger partial charge in [-0.25, -0.2) is 34.1 Å². The van der Waals surface area contributed by atoms with Crippen LogP contribution in [0.2, 0.25) is 0 Å². The quantitative estimate of drug-likeness (QED) is 0.0628. The molecule has 324 valence electrons. The number of rotatable bonds is 10. The van der Waals surface area contributed by atoms with Crippen LogP contribution < -0.4 is 18.9 Å². The molecule has 17 heteroatoms. The number of hydrogen-bond acceptors (Lipinski definition) is 17. The largest absolute Gasteiger partial charge is 0.514 e. The lowest BCUT2D eigenvalue weighted by molar-refractivity contribution is 0.0184. The highest BCUT2D eigenvalue weighted by Gasteiger charge is 2.26. The van der Waals surface area contributed by atoms with E-state index in [0.717, 1.165) is 0 Å². The summed E-state index contributed by atoms with van der Waals surface area (Å²) in [7, 11) is 0. The number of aromatic nitrogens is 3. The lowest BCUT2D eigenvalue weighted by atomic mass is 10.1. The van der Waals surface area contributed by atoms with E-state index in [2.05, 4.69) is 15.0 Å². The zero-order valence-corrected chi connectivity index (χ0v) is 36.1. The number of carbonyl (C=O) groups is 6. The summed E-state index contributed by atoms with van der Waals surface area (Å²) in [5.74, 6) is -0.459. The number of nitrogens with zero attached hydrogens (tertiary/aromatic N) is 3. The third-order valence-corrected chi connectivity index (χ3v) is 7.19. The Bertz CT molecular complexity index is 2310. The molecule has 0 atom stereocenters. The second-order valence-electron chi connectivity index (χ2n) is 17.4. The first-order valence-corrected chi connectivity index (χ1v) is 18.9. The molecule has 0 saturated heterocycles. The summed E-state index contributed by atoms with van der Waals surface area (Å²) in [4.78, 5) is 89.1. The van der Waals surface area contributed by atoms with Gasteiger partial charge in [-0.2, -0.15) is 0 Å². The smallest absolute Gasteiger partial charge is 0.428 e. The van der Waals surface area contributed by atoms with Crippen molar-refractivity contribution >= 4 is 37.2 Å². The summed E-state index contributed by atoms with van der Waals surface area (Å²) in [6.45, 7) is 19.9. The molecule has 17 nitrogen and oxygen atoms in total. The zero-order valence-electron chi connectivity index (χ0n) is 36.1. The van der Waals surface area contributed by atoms with Crippen molar-refractivity contribution in [3.8, 4) is 45.8 Å². The molecule has 0 N–H and O–H groups in total. The highest BCUT2D eigenvalue weighted by atomic mass is 16.8. The molecule has 0 saturated carbocycles. The zero-order chi connectivity index (χ0) is 45.5. The summed E-state index contributed by atoms with van der Waals surface area (Å²) in [6, 6.07) is 12.5. The van der Waals surface area contributed by atoms with Crippen LogP contribution in [0.25, 0.3) is 22.8 Å². The first-order chi connectivity index (χ1) is 28.2. The molecular weight excluding hydrogens is 794 g/mol. The predicted molar refractivity (Wildman–Crippen MR) is 218 cm³/mol. The van der Waals surface area contributed by atoms with Crippen molar-refractivity contribution in [3.63, 3.8) is 0 Å². The molecular formula is C44H49N3O14. The van der Waals surface area contributed by atoms with E-state index in [4.69, 9.17) is 37.9 Å². The molecule has 0 aliphatic carbocycles. The maximum absolute atomic E-state index is 13.1. The van der Waals surface area contributed by atoms with Gasteiger partial charge >= 0.3 is 24.6 Å². The lowest BCUT2D eigenvalue weighted by Gasteiger charge is -2.20. The fourth-order valence-corrected chi connectivity index (χ4v) is 4.99. The number of carbonyl (C=O) groups excluding carboxylic acids is 6. The van der Waals surface area contributed by atoms with Gasteiger partial charge in [-0.3, -0.25) is 9.59 Å². The monoisotopic (exact) mass is 843 g/mol. The van der Waals surface area contributed by atoms with Gasteiger partial charge in [0.15, 0.2) is 17.9 Å². The molecule has 1 aromatic heterocycles. The molecule has 0 fully saturated rings. The van der Waals surface area contributed by atoms with Crippen molar-refractivity contribution in [2.24, 2.45) is 0 Å². The Labute approximate surface area is 353 Å². The highest BCUT2D eigenvalue weighted by molar-refractivity contribution is 5.87. The van der Waals surface area contributed by atoms with Crippen LogP contribution in [0, 0.1) is 0 Å². The minimum absolute atomic E-state index is 0.000204. The van der Waals surface area contributed by atoms with Crippen LogP contribution >= 0.6 is 0 Å². The molecule has 61 heavy (non-hydrogen) atoms. The Balaban J connectivity index is 1.93. The minimum Gasteiger partial charge on any atom is -0.428 e. The van der Waals surface area contributed by atoms with Gasteiger partial charge < -0.3 is 37.9 Å². The van der Waals surface area contributed by atoms with Crippen LogP contribution in [0.3, 0.4) is 0 Å². The molecule has 4 aromatic rings. The maximum Gasteiger partial charge on any atom is 0.514 e. The predicted octanol–water partition coefficient (Wildman–Crippen LogP) is 9.68. The van der Waals surface area contributed by atoms with Crippen molar-refractivity contribution in [2.75, 3.05) is 0 Å². The van der Waals surface area contributed by atoms with Gasteiger partial charge in [-0.15, -0.1) is 0 Å². The van der Waals surface area contributed by atoms with Gasteiger partial charge in [0.1, 0.15) is 57.5 Å². The van der Waals surface area contributed by atoms with Crippen molar-refractivity contribution in [2.45, 2.75) is 112 Å². The molecule has 4 rings (SSSR count). The standard InChI is InChI=1S/C44H49N3O14/c1-41(2,3)58-37(50)54-28-15-17-30(27(20-28)24-49)35-45-34(21-26-14-13-25(23-48)19-32(26)56-39(52)60-43(7,8)9)46-36(47-35)31-18-16-29(55-38(51)59-42(4,5)6)22-33(31)57-40(53)61-44(10,11)12/h13-20,22-24H,21H2,1-12H3. The van der Waals surface area contributed by atoms with Crippen molar-refractivity contribution in [3.05, 3.63) is 77.1 Å². The van der Waals surface area contributed by atoms with E-state index in [1.807, 2.05) is 0 Å². The average Bonchev–Trinajstić information content (AvgIpc) is 3.09. The molecule has 0 unspecified atom stereocenters. The molecule has 0 aliphatic heterocycles. The second-order valence-corrected chi connectivity index (χ2v) is 17.4. The summed E-state index contributed by atoms with van der Waals surface area (Å²) >= 11 is 0.